The third kappa shape index (κ3) is 4.12. The van der Waals surface area contributed by atoms with Crippen LogP contribution >= 0.6 is 0 Å². The summed E-state index contributed by atoms with van der Waals surface area (Å²) in [6.07, 6.45) is 5.57. The van der Waals surface area contributed by atoms with Gasteiger partial charge in [0.2, 0.25) is 0 Å². The Kier molecular flexibility index (Phi) is 5.20. The van der Waals surface area contributed by atoms with Gasteiger partial charge in [-0.25, -0.2) is 0 Å². The van der Waals surface area contributed by atoms with Crippen molar-refractivity contribution in [1.29, 1.82) is 0 Å². The van der Waals surface area contributed by atoms with E-state index < -0.39 is 8.07 Å². The second-order valence-electron chi connectivity index (χ2n) is 9.28. The van der Waals surface area contributed by atoms with Crippen LogP contribution in [0.3, 0.4) is 0 Å². The fourth-order valence-corrected chi connectivity index (χ4v) is 5.18. The van der Waals surface area contributed by atoms with Crippen molar-refractivity contribution in [3.05, 3.63) is 104 Å². The van der Waals surface area contributed by atoms with E-state index in [0.29, 0.717) is 0 Å². The van der Waals surface area contributed by atoms with Gasteiger partial charge in [-0.3, -0.25) is 9.97 Å². The van der Waals surface area contributed by atoms with Crippen LogP contribution in [0.15, 0.2) is 104 Å². The van der Waals surface area contributed by atoms with Crippen LogP contribution in [0.1, 0.15) is 0 Å². The van der Waals surface area contributed by atoms with Gasteiger partial charge in [0.1, 0.15) is 0 Å². The molecule has 5 rings (SSSR count). The van der Waals surface area contributed by atoms with Gasteiger partial charge >= 0.3 is 0 Å². The molecule has 0 radical (unpaired) electrons. The van der Waals surface area contributed by atoms with Gasteiger partial charge in [0.05, 0.1) is 13.8 Å². The monoisotopic (exact) mass is 430 g/mol. The summed E-state index contributed by atoms with van der Waals surface area (Å²) in [4.78, 5) is 8.85. The van der Waals surface area contributed by atoms with E-state index in [4.69, 9.17) is 0 Å². The third-order valence-electron chi connectivity index (χ3n) is 5.98. The van der Waals surface area contributed by atoms with Crippen LogP contribution < -0.4 is 5.19 Å². The molecule has 0 bridgehead atoms. The van der Waals surface area contributed by atoms with E-state index in [1.807, 2.05) is 24.5 Å². The molecule has 2 aromatic heterocycles. The van der Waals surface area contributed by atoms with Crippen LogP contribution in [0, 0.1) is 0 Å². The summed E-state index contributed by atoms with van der Waals surface area (Å²) in [5, 5.41) is 3.98. The van der Waals surface area contributed by atoms with Crippen molar-refractivity contribution in [3.8, 4) is 33.5 Å². The van der Waals surface area contributed by atoms with Crippen molar-refractivity contribution in [2.75, 3.05) is 0 Å². The standard InChI is InChI=1S/C29H26N2Si/c1-32(2,3)28-13-10-21(11-14-28)23-8-6-22-7-9-24(18-27(22)17-23)25-12-15-29(31-20-25)26-5-4-16-30-19-26/h4-20H,1-3H3. The number of nitrogens with zero attached hydrogens (tertiary/aromatic N) is 2. The smallest absolute Gasteiger partial charge is 0.0775 e. The largest absolute Gasteiger partial charge is 0.264 e. The van der Waals surface area contributed by atoms with Gasteiger partial charge < -0.3 is 0 Å². The van der Waals surface area contributed by atoms with Crippen molar-refractivity contribution < 1.29 is 0 Å². The maximum atomic E-state index is 4.66. The van der Waals surface area contributed by atoms with Crippen LogP contribution in [-0.4, -0.2) is 18.0 Å². The second kappa shape index (κ2) is 8.17. The Balaban J connectivity index is 1.47. The molecular weight excluding hydrogens is 404 g/mol. The molecule has 0 saturated heterocycles. The van der Waals surface area contributed by atoms with Gasteiger partial charge in [-0.15, -0.1) is 0 Å². The van der Waals surface area contributed by atoms with Crippen LogP contribution in [0.4, 0.5) is 0 Å². The number of pyridine rings is 2. The maximum Gasteiger partial charge on any atom is 0.0775 e. The first-order chi connectivity index (χ1) is 15.5. The zero-order valence-electron chi connectivity index (χ0n) is 18.7. The molecule has 0 amide bonds. The van der Waals surface area contributed by atoms with Gasteiger partial charge in [-0.2, -0.15) is 0 Å². The summed E-state index contributed by atoms with van der Waals surface area (Å²) >= 11 is 0. The highest BCUT2D eigenvalue weighted by atomic mass is 28.3. The number of fused-ring (bicyclic) bond motifs is 1. The highest BCUT2D eigenvalue weighted by Gasteiger charge is 2.15. The van der Waals surface area contributed by atoms with Crippen molar-refractivity contribution in [3.63, 3.8) is 0 Å². The molecule has 0 saturated carbocycles. The first-order valence-electron chi connectivity index (χ1n) is 11.0. The highest BCUT2D eigenvalue weighted by Crippen LogP contribution is 2.29. The topological polar surface area (TPSA) is 25.8 Å². The predicted molar refractivity (Wildman–Crippen MR) is 139 cm³/mol. The van der Waals surface area contributed by atoms with Gasteiger partial charge in [0.25, 0.3) is 0 Å². The van der Waals surface area contributed by atoms with E-state index >= 15 is 0 Å². The molecule has 5 aromatic rings. The normalized spacial score (nSPS) is 11.6. The molecule has 2 heterocycles. The molecule has 2 nitrogen and oxygen atoms in total. The van der Waals surface area contributed by atoms with E-state index in [-0.39, 0.29) is 0 Å². The maximum absolute atomic E-state index is 4.66. The lowest BCUT2D eigenvalue weighted by molar-refractivity contribution is 1.28. The Morgan fingerprint density at radius 3 is 1.81 bits per heavy atom. The van der Waals surface area contributed by atoms with Crippen molar-refractivity contribution in [2.24, 2.45) is 0 Å². The molecular formula is C29H26N2Si. The van der Waals surface area contributed by atoms with E-state index in [1.165, 1.54) is 32.6 Å². The summed E-state index contributed by atoms with van der Waals surface area (Å²) in [5.41, 5.74) is 6.77. The molecule has 0 aliphatic rings. The summed E-state index contributed by atoms with van der Waals surface area (Å²) in [7, 11) is -1.28. The van der Waals surface area contributed by atoms with Gasteiger partial charge in [0, 0.05) is 29.7 Å². The Hall–Kier alpha value is -3.56. The van der Waals surface area contributed by atoms with E-state index in [9.17, 15) is 0 Å². The first kappa shape index (κ1) is 20.3. The molecule has 3 aromatic carbocycles. The van der Waals surface area contributed by atoms with Crippen molar-refractivity contribution in [2.45, 2.75) is 19.6 Å². The van der Waals surface area contributed by atoms with Gasteiger partial charge in [0.15, 0.2) is 0 Å². The lowest BCUT2D eigenvalue weighted by atomic mass is 9.98. The van der Waals surface area contributed by atoms with E-state index in [2.05, 4.69) is 102 Å². The average molecular weight is 431 g/mol. The summed E-state index contributed by atoms with van der Waals surface area (Å²) in [5.74, 6) is 0. The SMILES string of the molecule is C[Si](C)(C)c1ccc(-c2ccc3ccc(-c4ccc(-c5cccnc5)nc4)cc3c2)cc1. The van der Waals surface area contributed by atoms with E-state index in [0.717, 1.165) is 16.8 Å². The summed E-state index contributed by atoms with van der Waals surface area (Å²) < 4.78 is 0. The predicted octanol–water partition coefficient (Wildman–Crippen LogP) is 7.18. The van der Waals surface area contributed by atoms with Gasteiger partial charge in [-0.1, -0.05) is 79.4 Å². The first-order valence-corrected chi connectivity index (χ1v) is 14.5. The molecule has 32 heavy (non-hydrogen) atoms. The van der Waals surface area contributed by atoms with Crippen LogP contribution in [-0.2, 0) is 0 Å². The zero-order chi connectivity index (χ0) is 22.1. The van der Waals surface area contributed by atoms with Crippen molar-refractivity contribution in [1.82, 2.24) is 9.97 Å². The molecule has 3 heteroatoms. The lowest BCUT2D eigenvalue weighted by Crippen LogP contribution is -2.37. The minimum absolute atomic E-state index is 0.937. The molecule has 156 valence electrons. The third-order valence-corrected chi connectivity index (χ3v) is 8.04. The second-order valence-corrected chi connectivity index (χ2v) is 14.4. The Morgan fingerprint density at radius 1 is 0.562 bits per heavy atom. The van der Waals surface area contributed by atoms with E-state index in [1.54, 1.807) is 6.20 Å². The van der Waals surface area contributed by atoms with Crippen LogP contribution in [0.5, 0.6) is 0 Å². The fraction of sp³-hybridized carbons (Fsp3) is 0.103. The lowest BCUT2D eigenvalue weighted by Gasteiger charge is -2.17. The Bertz CT molecular complexity index is 1370. The molecule has 0 fully saturated rings. The molecule has 0 aliphatic carbocycles. The minimum atomic E-state index is -1.28. The molecule has 0 atom stereocenters. The van der Waals surface area contributed by atoms with Gasteiger partial charge in [-0.05, 0) is 57.8 Å². The number of hydrogen-bond donors (Lipinski definition) is 0. The van der Waals surface area contributed by atoms with Crippen molar-refractivity contribution >= 4 is 24.0 Å². The fourth-order valence-electron chi connectivity index (χ4n) is 4.02. The number of hydrogen-bond acceptors (Lipinski definition) is 2. The summed E-state index contributed by atoms with van der Waals surface area (Å²) in [6.45, 7) is 7.16. The molecule has 0 N–H and O–H groups in total. The quantitative estimate of drug-likeness (QED) is 0.282. The highest BCUT2D eigenvalue weighted by molar-refractivity contribution is 6.88. The number of benzene rings is 3. The zero-order valence-corrected chi connectivity index (χ0v) is 19.7. The molecule has 0 spiro atoms. The van der Waals surface area contributed by atoms with Crippen LogP contribution in [0.25, 0.3) is 44.3 Å². The average Bonchev–Trinajstić information content (AvgIpc) is 2.83. The molecule has 0 unspecified atom stereocenters. The summed E-state index contributed by atoms with van der Waals surface area (Å²) in [6, 6.07) is 30.6. The number of rotatable bonds is 4. The number of aromatic nitrogens is 2. The molecule has 0 aliphatic heterocycles. The minimum Gasteiger partial charge on any atom is -0.264 e. The van der Waals surface area contributed by atoms with Crippen LogP contribution in [0.2, 0.25) is 19.6 Å². The Morgan fingerprint density at radius 2 is 1.22 bits per heavy atom. The Labute approximate surface area is 190 Å².